The maximum absolute atomic E-state index is 12.9. The van der Waals surface area contributed by atoms with Gasteiger partial charge < -0.3 is 13.9 Å². The molecular weight excluding hydrogens is 324 g/mol. The minimum atomic E-state index is -0.747. The number of aromatic hydroxyl groups is 1. The van der Waals surface area contributed by atoms with Crippen molar-refractivity contribution in [2.45, 2.75) is 0 Å². The highest BCUT2D eigenvalue weighted by atomic mass is 16.4. The molecule has 2 aromatic heterocycles. The zero-order valence-electron chi connectivity index (χ0n) is 12.5. The topological polar surface area (TPSA) is 97.7 Å². The van der Waals surface area contributed by atoms with E-state index in [-0.39, 0.29) is 39.2 Å². The summed E-state index contributed by atoms with van der Waals surface area (Å²) in [7, 11) is 0. The molecule has 2 heterocycles. The molecule has 0 fully saturated rings. The van der Waals surface area contributed by atoms with Gasteiger partial charge in [-0.15, -0.1) is 0 Å². The fraction of sp³-hybridized carbons (Fsp3) is 0. The molecule has 25 heavy (non-hydrogen) atoms. The summed E-state index contributed by atoms with van der Waals surface area (Å²) in [6, 6.07) is 10.9. The molecule has 1 aliphatic carbocycles. The van der Waals surface area contributed by atoms with Gasteiger partial charge in [0.15, 0.2) is 17.1 Å². The first kappa shape index (κ1) is 13.7. The molecule has 0 amide bonds. The normalized spacial score (nSPS) is 13.3. The standard InChI is InChI=1S/C19H8O6/c20-10-6-3-5-9-12(10)16(22)18-13(15(9)21)14-17(25-18)8-4-1-2-7-11(8)24-19(14)23/h1-7,20H. The molecular formula is C19H8O6. The molecule has 2 aromatic carbocycles. The fourth-order valence-electron chi connectivity index (χ4n) is 3.30. The molecule has 5 rings (SSSR count). The Balaban J connectivity index is 1.99. The zero-order valence-corrected chi connectivity index (χ0v) is 12.5. The van der Waals surface area contributed by atoms with Crippen molar-refractivity contribution < 1.29 is 23.5 Å². The molecule has 0 unspecified atom stereocenters. The van der Waals surface area contributed by atoms with Gasteiger partial charge in [0, 0.05) is 5.56 Å². The van der Waals surface area contributed by atoms with Gasteiger partial charge in [0.25, 0.3) is 0 Å². The summed E-state index contributed by atoms with van der Waals surface area (Å²) in [5.74, 6) is -1.75. The number of phenols is 1. The van der Waals surface area contributed by atoms with Gasteiger partial charge in [-0.25, -0.2) is 4.79 Å². The molecule has 0 saturated carbocycles. The van der Waals surface area contributed by atoms with Crippen molar-refractivity contribution in [1.82, 2.24) is 0 Å². The maximum atomic E-state index is 12.9. The molecule has 6 heteroatoms. The zero-order chi connectivity index (χ0) is 17.3. The van der Waals surface area contributed by atoms with E-state index in [1.54, 1.807) is 24.3 Å². The van der Waals surface area contributed by atoms with E-state index in [1.807, 2.05) is 0 Å². The number of ketones is 2. The number of carbonyl (C=O) groups is 2. The first-order valence-electron chi connectivity index (χ1n) is 7.47. The van der Waals surface area contributed by atoms with Crippen LogP contribution in [0, 0.1) is 0 Å². The Morgan fingerprint density at radius 3 is 2.44 bits per heavy atom. The van der Waals surface area contributed by atoms with Crippen LogP contribution in [0.2, 0.25) is 0 Å². The van der Waals surface area contributed by atoms with Crippen LogP contribution < -0.4 is 5.63 Å². The van der Waals surface area contributed by atoms with Crippen molar-refractivity contribution in [2.75, 3.05) is 0 Å². The Hall–Kier alpha value is -3.67. The van der Waals surface area contributed by atoms with Gasteiger partial charge in [0.1, 0.15) is 16.7 Å². The number of para-hydroxylation sites is 1. The van der Waals surface area contributed by atoms with E-state index in [0.29, 0.717) is 11.0 Å². The second-order valence-electron chi connectivity index (χ2n) is 5.75. The van der Waals surface area contributed by atoms with E-state index in [1.165, 1.54) is 18.2 Å². The number of rotatable bonds is 0. The van der Waals surface area contributed by atoms with E-state index in [2.05, 4.69) is 0 Å². The number of hydrogen-bond donors (Lipinski definition) is 1. The summed E-state index contributed by atoms with van der Waals surface area (Å²) >= 11 is 0. The lowest BCUT2D eigenvalue weighted by Gasteiger charge is -2.13. The summed E-state index contributed by atoms with van der Waals surface area (Å²) in [6.45, 7) is 0. The highest BCUT2D eigenvalue weighted by molar-refractivity contribution is 6.32. The van der Waals surface area contributed by atoms with Gasteiger partial charge in [0.05, 0.1) is 16.5 Å². The fourth-order valence-corrected chi connectivity index (χ4v) is 3.30. The SMILES string of the molecule is O=C1c2oc3c(c2C(=O)c2cccc(O)c21)c(=O)oc1ccccc13. The molecule has 0 saturated heterocycles. The van der Waals surface area contributed by atoms with Gasteiger partial charge in [-0.2, -0.15) is 0 Å². The third-order valence-corrected chi connectivity index (χ3v) is 4.39. The summed E-state index contributed by atoms with van der Waals surface area (Å²) in [5.41, 5.74) is -0.515. The van der Waals surface area contributed by atoms with Gasteiger partial charge in [0.2, 0.25) is 5.78 Å². The summed E-state index contributed by atoms with van der Waals surface area (Å²) in [6.07, 6.45) is 0. The highest BCUT2D eigenvalue weighted by Crippen LogP contribution is 2.38. The van der Waals surface area contributed by atoms with Crippen LogP contribution in [-0.2, 0) is 0 Å². The Morgan fingerprint density at radius 2 is 1.60 bits per heavy atom. The average molecular weight is 332 g/mol. The minimum Gasteiger partial charge on any atom is -0.507 e. The molecule has 0 spiro atoms. The Morgan fingerprint density at radius 1 is 0.800 bits per heavy atom. The highest BCUT2D eigenvalue weighted by Gasteiger charge is 2.38. The van der Waals surface area contributed by atoms with E-state index >= 15 is 0 Å². The van der Waals surface area contributed by atoms with Gasteiger partial charge in [-0.05, 0) is 18.2 Å². The summed E-state index contributed by atoms with van der Waals surface area (Å²) < 4.78 is 10.9. The third-order valence-electron chi connectivity index (χ3n) is 4.39. The van der Waals surface area contributed by atoms with Gasteiger partial charge in [-0.3, -0.25) is 9.59 Å². The third kappa shape index (κ3) is 1.60. The summed E-state index contributed by atoms with van der Waals surface area (Å²) in [5, 5.41) is 10.4. The van der Waals surface area contributed by atoms with Crippen molar-refractivity contribution in [3.8, 4) is 5.75 Å². The van der Waals surface area contributed by atoms with Crippen molar-refractivity contribution in [3.05, 3.63) is 75.3 Å². The molecule has 0 atom stereocenters. The van der Waals surface area contributed by atoms with Crippen LogP contribution >= 0.6 is 0 Å². The number of phenolic OH excluding ortho intramolecular Hbond substituents is 1. The van der Waals surface area contributed by atoms with Crippen molar-refractivity contribution in [2.24, 2.45) is 0 Å². The van der Waals surface area contributed by atoms with Crippen LogP contribution in [0.15, 0.2) is 56.1 Å². The van der Waals surface area contributed by atoms with Crippen LogP contribution in [0.25, 0.3) is 21.9 Å². The van der Waals surface area contributed by atoms with E-state index in [4.69, 9.17) is 8.83 Å². The maximum Gasteiger partial charge on any atom is 0.348 e. The molecule has 0 bridgehead atoms. The number of fused-ring (bicyclic) bond motifs is 6. The largest absolute Gasteiger partial charge is 0.507 e. The lowest BCUT2D eigenvalue weighted by Crippen LogP contribution is -2.20. The van der Waals surface area contributed by atoms with Gasteiger partial charge >= 0.3 is 5.63 Å². The first-order valence-corrected chi connectivity index (χ1v) is 7.47. The predicted octanol–water partition coefficient (Wildman–Crippen LogP) is 3.02. The van der Waals surface area contributed by atoms with Crippen LogP contribution in [0.3, 0.4) is 0 Å². The van der Waals surface area contributed by atoms with Crippen LogP contribution in [-0.4, -0.2) is 16.7 Å². The average Bonchev–Trinajstić information content (AvgIpc) is 3.02. The second-order valence-corrected chi connectivity index (χ2v) is 5.75. The van der Waals surface area contributed by atoms with Crippen molar-refractivity contribution in [1.29, 1.82) is 0 Å². The number of hydrogen-bond acceptors (Lipinski definition) is 6. The minimum absolute atomic E-state index is 0.0350. The van der Waals surface area contributed by atoms with E-state index in [0.717, 1.165) is 0 Å². The molecule has 1 aliphatic rings. The van der Waals surface area contributed by atoms with Crippen molar-refractivity contribution >= 4 is 33.5 Å². The number of benzene rings is 2. The Bertz CT molecular complexity index is 1300. The monoisotopic (exact) mass is 332 g/mol. The molecule has 6 nitrogen and oxygen atoms in total. The number of furan rings is 1. The van der Waals surface area contributed by atoms with E-state index in [9.17, 15) is 19.5 Å². The predicted molar refractivity (Wildman–Crippen MR) is 87.2 cm³/mol. The molecule has 4 aromatic rings. The Labute approximate surface area is 138 Å². The van der Waals surface area contributed by atoms with Crippen LogP contribution in [0.4, 0.5) is 0 Å². The molecule has 120 valence electrons. The second kappa shape index (κ2) is 4.45. The smallest absolute Gasteiger partial charge is 0.348 e. The van der Waals surface area contributed by atoms with Gasteiger partial charge in [-0.1, -0.05) is 24.3 Å². The first-order chi connectivity index (χ1) is 12.1. The van der Waals surface area contributed by atoms with Crippen molar-refractivity contribution in [3.63, 3.8) is 0 Å². The molecule has 0 aliphatic heterocycles. The molecule has 1 N–H and O–H groups in total. The van der Waals surface area contributed by atoms with E-state index < -0.39 is 17.2 Å². The summed E-state index contributed by atoms with van der Waals surface area (Å²) in [4.78, 5) is 38.0. The number of carbonyl (C=O) groups excluding carboxylic acids is 2. The lowest BCUT2D eigenvalue weighted by atomic mass is 9.87. The lowest BCUT2D eigenvalue weighted by molar-refractivity contribution is 0.0959. The Kier molecular flexibility index (Phi) is 2.44. The quantitative estimate of drug-likeness (QED) is 0.438. The molecule has 0 radical (unpaired) electrons. The van der Waals surface area contributed by atoms with Crippen LogP contribution in [0.5, 0.6) is 5.75 Å². The van der Waals surface area contributed by atoms with Crippen LogP contribution in [0.1, 0.15) is 32.0 Å².